The lowest BCUT2D eigenvalue weighted by molar-refractivity contribution is 0.197. The molecule has 4 nitrogen and oxygen atoms in total. The van der Waals surface area contributed by atoms with Gasteiger partial charge in [-0.05, 0) is 19.8 Å². The third kappa shape index (κ3) is 3.28. The van der Waals surface area contributed by atoms with Gasteiger partial charge in [-0.25, -0.2) is 0 Å². The van der Waals surface area contributed by atoms with Gasteiger partial charge in [0.2, 0.25) is 0 Å². The van der Waals surface area contributed by atoms with Crippen LogP contribution in [-0.4, -0.2) is 40.2 Å². The van der Waals surface area contributed by atoms with Gasteiger partial charge >= 0.3 is 0 Å². The molecule has 0 aromatic carbocycles. The van der Waals surface area contributed by atoms with E-state index in [-0.39, 0.29) is 0 Å². The summed E-state index contributed by atoms with van der Waals surface area (Å²) < 4.78 is 5.43. The molecule has 0 amide bonds. The van der Waals surface area contributed by atoms with Crippen LogP contribution in [0.25, 0.3) is 0 Å². The predicted octanol–water partition coefficient (Wildman–Crippen LogP) is 1.86. The molecule has 18 heavy (non-hydrogen) atoms. The first-order valence-electron chi connectivity index (χ1n) is 6.81. The number of nitrogens with zero attached hydrogens (tertiary/aromatic N) is 2. The van der Waals surface area contributed by atoms with Crippen LogP contribution in [0.4, 0.5) is 0 Å². The number of rotatable bonds is 5. The Hall–Kier alpha value is -0.520. The third-order valence-corrected chi connectivity index (χ3v) is 4.81. The zero-order valence-corrected chi connectivity index (χ0v) is 11.7. The van der Waals surface area contributed by atoms with Gasteiger partial charge in [-0.2, -0.15) is 11.8 Å². The van der Waals surface area contributed by atoms with Crippen molar-refractivity contribution >= 4 is 11.8 Å². The van der Waals surface area contributed by atoms with Gasteiger partial charge in [0.15, 0.2) is 5.76 Å². The monoisotopic (exact) mass is 267 g/mol. The second-order valence-corrected chi connectivity index (χ2v) is 6.48. The maximum absolute atomic E-state index is 5.43. The molecule has 1 saturated carbocycles. The van der Waals surface area contributed by atoms with Crippen molar-refractivity contribution in [2.45, 2.75) is 44.9 Å². The minimum Gasteiger partial charge on any atom is -0.360 e. The summed E-state index contributed by atoms with van der Waals surface area (Å²) in [7, 11) is 0. The summed E-state index contributed by atoms with van der Waals surface area (Å²) in [4.78, 5) is 2.48. The SMILES string of the molecule is CC1CSCCN1Cc1cc(CNC2CC2)no1. The fourth-order valence-corrected chi connectivity index (χ4v) is 3.33. The number of nitrogens with one attached hydrogen (secondary N) is 1. The van der Waals surface area contributed by atoms with E-state index < -0.39 is 0 Å². The Kier molecular flexibility index (Phi) is 3.91. The first-order chi connectivity index (χ1) is 8.81. The second kappa shape index (κ2) is 5.63. The molecule has 1 N–H and O–H groups in total. The number of hydrogen-bond donors (Lipinski definition) is 1. The minimum atomic E-state index is 0.641. The molecule has 1 unspecified atom stereocenters. The van der Waals surface area contributed by atoms with E-state index in [1.165, 1.54) is 24.3 Å². The van der Waals surface area contributed by atoms with Crippen molar-refractivity contribution < 1.29 is 4.52 Å². The fraction of sp³-hybridized carbons (Fsp3) is 0.769. The highest BCUT2D eigenvalue weighted by molar-refractivity contribution is 7.99. The normalized spacial score (nSPS) is 25.5. The largest absolute Gasteiger partial charge is 0.360 e. The highest BCUT2D eigenvalue weighted by atomic mass is 32.2. The molecule has 1 aromatic heterocycles. The molecule has 3 rings (SSSR count). The van der Waals surface area contributed by atoms with Gasteiger partial charge in [0.25, 0.3) is 0 Å². The van der Waals surface area contributed by atoms with Crippen LogP contribution in [0.5, 0.6) is 0 Å². The Morgan fingerprint density at radius 3 is 3.22 bits per heavy atom. The van der Waals surface area contributed by atoms with Crippen molar-refractivity contribution in [1.29, 1.82) is 0 Å². The summed E-state index contributed by atoms with van der Waals surface area (Å²) in [6.07, 6.45) is 2.63. The lowest BCUT2D eigenvalue weighted by Gasteiger charge is -2.31. The van der Waals surface area contributed by atoms with Crippen molar-refractivity contribution in [2.75, 3.05) is 18.1 Å². The predicted molar refractivity (Wildman–Crippen MR) is 73.6 cm³/mol. The Balaban J connectivity index is 1.51. The number of thioether (sulfide) groups is 1. The Bertz CT molecular complexity index is 391. The van der Waals surface area contributed by atoms with E-state index in [0.717, 1.165) is 37.1 Å². The maximum atomic E-state index is 5.43. The van der Waals surface area contributed by atoms with Crippen LogP contribution in [0.3, 0.4) is 0 Å². The van der Waals surface area contributed by atoms with Crippen LogP contribution in [0.15, 0.2) is 10.6 Å². The molecule has 0 radical (unpaired) electrons. The van der Waals surface area contributed by atoms with Crippen LogP contribution in [-0.2, 0) is 13.1 Å². The van der Waals surface area contributed by atoms with E-state index in [4.69, 9.17) is 4.52 Å². The van der Waals surface area contributed by atoms with E-state index in [2.05, 4.69) is 28.4 Å². The quantitative estimate of drug-likeness (QED) is 0.882. The second-order valence-electron chi connectivity index (χ2n) is 5.33. The van der Waals surface area contributed by atoms with Crippen molar-refractivity contribution in [1.82, 2.24) is 15.4 Å². The summed E-state index contributed by atoms with van der Waals surface area (Å²) in [6, 6.07) is 3.47. The molecular formula is C13H21N3OS. The number of aromatic nitrogens is 1. The fourth-order valence-electron chi connectivity index (χ4n) is 2.25. The molecule has 5 heteroatoms. The first-order valence-corrected chi connectivity index (χ1v) is 7.96. The molecule has 2 aliphatic rings. The van der Waals surface area contributed by atoms with E-state index in [1.54, 1.807) is 0 Å². The van der Waals surface area contributed by atoms with Gasteiger partial charge < -0.3 is 9.84 Å². The van der Waals surface area contributed by atoms with Crippen molar-refractivity contribution in [3.63, 3.8) is 0 Å². The van der Waals surface area contributed by atoms with Crippen molar-refractivity contribution in [3.8, 4) is 0 Å². The highest BCUT2D eigenvalue weighted by Gasteiger charge is 2.22. The molecular weight excluding hydrogens is 246 g/mol. The summed E-state index contributed by atoms with van der Waals surface area (Å²) in [5, 5.41) is 7.60. The van der Waals surface area contributed by atoms with E-state index in [1.807, 2.05) is 11.8 Å². The Morgan fingerprint density at radius 1 is 1.56 bits per heavy atom. The van der Waals surface area contributed by atoms with Crippen molar-refractivity contribution in [2.24, 2.45) is 0 Å². The first kappa shape index (κ1) is 12.5. The Morgan fingerprint density at radius 2 is 2.44 bits per heavy atom. The van der Waals surface area contributed by atoms with E-state index >= 15 is 0 Å². The van der Waals surface area contributed by atoms with Gasteiger partial charge in [-0.1, -0.05) is 5.16 Å². The molecule has 1 aliphatic carbocycles. The van der Waals surface area contributed by atoms with Gasteiger partial charge in [-0.15, -0.1) is 0 Å². The van der Waals surface area contributed by atoms with Crippen LogP contribution in [0.2, 0.25) is 0 Å². The smallest absolute Gasteiger partial charge is 0.151 e. The molecule has 2 heterocycles. The summed E-state index contributed by atoms with van der Waals surface area (Å²) in [6.45, 7) is 5.19. The lowest BCUT2D eigenvalue weighted by atomic mass is 10.2. The maximum Gasteiger partial charge on any atom is 0.151 e. The van der Waals surface area contributed by atoms with Crippen LogP contribution >= 0.6 is 11.8 Å². The van der Waals surface area contributed by atoms with Crippen LogP contribution < -0.4 is 5.32 Å². The van der Waals surface area contributed by atoms with Gasteiger partial charge in [0.05, 0.1) is 12.2 Å². The molecule has 100 valence electrons. The molecule has 1 aliphatic heterocycles. The van der Waals surface area contributed by atoms with Gasteiger partial charge in [0.1, 0.15) is 0 Å². The zero-order chi connectivity index (χ0) is 12.4. The third-order valence-electron chi connectivity index (χ3n) is 3.62. The van der Waals surface area contributed by atoms with E-state index in [0.29, 0.717) is 6.04 Å². The molecule has 0 spiro atoms. The average Bonchev–Trinajstić information content (AvgIpc) is 3.10. The standard InChI is InChI=1S/C13H21N3OS/c1-10-9-18-5-4-16(10)8-13-6-12(15-17-13)7-14-11-2-3-11/h6,10-11,14H,2-5,7-9H2,1H3. The van der Waals surface area contributed by atoms with E-state index in [9.17, 15) is 0 Å². The van der Waals surface area contributed by atoms with Gasteiger partial charge in [-0.3, -0.25) is 4.90 Å². The summed E-state index contributed by atoms with van der Waals surface area (Å²) >= 11 is 2.04. The molecule has 0 bridgehead atoms. The zero-order valence-electron chi connectivity index (χ0n) is 10.9. The van der Waals surface area contributed by atoms with Crippen molar-refractivity contribution in [3.05, 3.63) is 17.5 Å². The highest BCUT2D eigenvalue weighted by Crippen LogP contribution is 2.20. The molecule has 2 fully saturated rings. The average molecular weight is 267 g/mol. The van der Waals surface area contributed by atoms with Crippen LogP contribution in [0.1, 0.15) is 31.2 Å². The molecule has 1 aromatic rings. The van der Waals surface area contributed by atoms with Crippen LogP contribution in [0, 0.1) is 0 Å². The summed E-state index contributed by atoms with van der Waals surface area (Å²) in [5.41, 5.74) is 1.04. The molecule has 1 saturated heterocycles. The lowest BCUT2D eigenvalue weighted by Crippen LogP contribution is -2.39. The topological polar surface area (TPSA) is 41.3 Å². The molecule has 1 atom stereocenters. The number of hydrogen-bond acceptors (Lipinski definition) is 5. The van der Waals surface area contributed by atoms with Gasteiger partial charge in [0, 0.05) is 42.7 Å². The minimum absolute atomic E-state index is 0.641. The Labute approximate surface area is 112 Å². The summed E-state index contributed by atoms with van der Waals surface area (Å²) in [5.74, 6) is 3.46.